The topological polar surface area (TPSA) is 52.6 Å². The van der Waals surface area contributed by atoms with Gasteiger partial charge in [-0.1, -0.05) is 35.4 Å². The van der Waals surface area contributed by atoms with Gasteiger partial charge < -0.3 is 9.47 Å². The van der Waals surface area contributed by atoms with Gasteiger partial charge in [0.15, 0.2) is 0 Å². The summed E-state index contributed by atoms with van der Waals surface area (Å²) < 4.78 is 10.5. The summed E-state index contributed by atoms with van der Waals surface area (Å²) in [4.78, 5) is 23.7. The number of hydrogen-bond acceptors (Lipinski definition) is 4. The molecule has 2 aromatic carbocycles. The monoisotopic (exact) mass is 354 g/mol. The lowest BCUT2D eigenvalue weighted by Crippen LogP contribution is -2.07. The van der Waals surface area contributed by atoms with E-state index in [-0.39, 0.29) is 11.9 Å². The van der Waals surface area contributed by atoms with E-state index >= 15 is 0 Å². The average molecular weight is 354 g/mol. The molecule has 0 fully saturated rings. The van der Waals surface area contributed by atoms with Crippen LogP contribution in [-0.4, -0.2) is 25.2 Å². The van der Waals surface area contributed by atoms with Crippen molar-refractivity contribution < 1.29 is 19.1 Å². The van der Waals surface area contributed by atoms with Gasteiger partial charge >= 0.3 is 11.9 Å². The van der Waals surface area contributed by atoms with Gasteiger partial charge in [0.05, 0.1) is 24.3 Å². The SMILES string of the molecule is Cc1ccc(C(=O)OCCCCCCOC(=O)c2ccc(C)cc2)cc1. The van der Waals surface area contributed by atoms with Crippen molar-refractivity contribution in [1.82, 2.24) is 0 Å². The number of carbonyl (C=O) groups is 2. The molecule has 0 saturated heterocycles. The molecule has 2 aromatic rings. The van der Waals surface area contributed by atoms with Gasteiger partial charge in [-0.05, 0) is 63.8 Å². The van der Waals surface area contributed by atoms with Crippen LogP contribution in [0.5, 0.6) is 0 Å². The second-order valence-corrected chi connectivity index (χ2v) is 6.42. The van der Waals surface area contributed by atoms with Crippen LogP contribution < -0.4 is 0 Å². The molecule has 0 aromatic heterocycles. The van der Waals surface area contributed by atoms with Gasteiger partial charge in [0.2, 0.25) is 0 Å². The molecule has 0 heterocycles. The summed E-state index contributed by atoms with van der Waals surface area (Å²) in [6, 6.07) is 14.7. The Morgan fingerprint density at radius 1 is 0.615 bits per heavy atom. The van der Waals surface area contributed by atoms with Gasteiger partial charge in [-0.25, -0.2) is 9.59 Å². The molecule has 0 unspecified atom stereocenters. The molecule has 2 rings (SSSR count). The summed E-state index contributed by atoms with van der Waals surface area (Å²) in [7, 11) is 0. The van der Waals surface area contributed by atoms with E-state index < -0.39 is 0 Å². The van der Waals surface area contributed by atoms with Crippen molar-refractivity contribution >= 4 is 11.9 Å². The third kappa shape index (κ3) is 6.71. The molecule has 4 heteroatoms. The molecule has 0 atom stereocenters. The number of esters is 2. The number of hydrogen-bond donors (Lipinski definition) is 0. The second-order valence-electron chi connectivity index (χ2n) is 6.42. The zero-order chi connectivity index (χ0) is 18.8. The molecule has 0 spiro atoms. The van der Waals surface area contributed by atoms with Crippen molar-refractivity contribution in [2.75, 3.05) is 13.2 Å². The highest BCUT2D eigenvalue weighted by atomic mass is 16.5. The lowest BCUT2D eigenvalue weighted by molar-refractivity contribution is 0.0473. The summed E-state index contributed by atoms with van der Waals surface area (Å²) in [6.07, 6.45) is 3.49. The Kier molecular flexibility index (Phi) is 7.87. The summed E-state index contributed by atoms with van der Waals surface area (Å²) in [6.45, 7) is 4.78. The summed E-state index contributed by atoms with van der Waals surface area (Å²) >= 11 is 0. The van der Waals surface area contributed by atoms with E-state index in [0.29, 0.717) is 24.3 Å². The number of carbonyl (C=O) groups excluding carboxylic acids is 2. The van der Waals surface area contributed by atoms with E-state index in [1.807, 2.05) is 38.1 Å². The van der Waals surface area contributed by atoms with Crippen molar-refractivity contribution in [3.05, 3.63) is 70.8 Å². The first-order valence-electron chi connectivity index (χ1n) is 9.04. The van der Waals surface area contributed by atoms with Gasteiger partial charge in [0.25, 0.3) is 0 Å². The fourth-order valence-corrected chi connectivity index (χ4v) is 2.43. The molecule has 138 valence electrons. The van der Waals surface area contributed by atoms with Crippen molar-refractivity contribution in [1.29, 1.82) is 0 Å². The van der Waals surface area contributed by atoms with Crippen LogP contribution >= 0.6 is 0 Å². The van der Waals surface area contributed by atoms with E-state index in [9.17, 15) is 9.59 Å². The molecule has 0 bridgehead atoms. The first kappa shape index (κ1) is 19.7. The Bertz CT molecular complexity index is 638. The molecular formula is C22H26O4. The zero-order valence-corrected chi connectivity index (χ0v) is 15.5. The van der Waals surface area contributed by atoms with Crippen LogP contribution in [0.1, 0.15) is 57.5 Å². The van der Waals surface area contributed by atoms with Crippen LogP contribution in [0.15, 0.2) is 48.5 Å². The van der Waals surface area contributed by atoms with Gasteiger partial charge in [-0.15, -0.1) is 0 Å². The van der Waals surface area contributed by atoms with Crippen LogP contribution in [0.25, 0.3) is 0 Å². The normalized spacial score (nSPS) is 10.4. The second kappa shape index (κ2) is 10.4. The smallest absolute Gasteiger partial charge is 0.338 e. The van der Waals surface area contributed by atoms with Crippen molar-refractivity contribution in [3.63, 3.8) is 0 Å². The van der Waals surface area contributed by atoms with Gasteiger partial charge in [-0.2, -0.15) is 0 Å². The molecule has 0 saturated carbocycles. The van der Waals surface area contributed by atoms with Gasteiger partial charge in [-0.3, -0.25) is 0 Å². The number of unbranched alkanes of at least 4 members (excludes halogenated alkanes) is 3. The number of benzene rings is 2. The van der Waals surface area contributed by atoms with E-state index in [0.717, 1.165) is 36.8 Å². The molecule has 0 radical (unpaired) electrons. The maximum atomic E-state index is 11.8. The molecule has 0 aliphatic heterocycles. The molecule has 0 aliphatic rings. The minimum atomic E-state index is -0.281. The highest BCUT2D eigenvalue weighted by molar-refractivity contribution is 5.89. The number of ether oxygens (including phenoxy) is 2. The predicted molar refractivity (Wildman–Crippen MR) is 101 cm³/mol. The summed E-state index contributed by atoms with van der Waals surface area (Å²) in [5, 5.41) is 0. The Labute approximate surface area is 155 Å². The lowest BCUT2D eigenvalue weighted by Gasteiger charge is -2.06. The largest absolute Gasteiger partial charge is 0.462 e. The van der Waals surface area contributed by atoms with Crippen molar-refractivity contribution in [3.8, 4) is 0 Å². The van der Waals surface area contributed by atoms with E-state index in [1.54, 1.807) is 24.3 Å². The number of rotatable bonds is 9. The van der Waals surface area contributed by atoms with E-state index in [2.05, 4.69) is 0 Å². The van der Waals surface area contributed by atoms with Crippen LogP contribution in [0.2, 0.25) is 0 Å². The maximum absolute atomic E-state index is 11.8. The lowest BCUT2D eigenvalue weighted by atomic mass is 10.1. The average Bonchev–Trinajstić information content (AvgIpc) is 2.64. The van der Waals surface area contributed by atoms with Crippen molar-refractivity contribution in [2.45, 2.75) is 39.5 Å². The first-order valence-corrected chi connectivity index (χ1v) is 9.04. The Morgan fingerprint density at radius 2 is 0.962 bits per heavy atom. The molecule has 4 nitrogen and oxygen atoms in total. The summed E-state index contributed by atoms with van der Waals surface area (Å²) in [5.41, 5.74) is 3.39. The quantitative estimate of drug-likeness (QED) is 0.476. The highest BCUT2D eigenvalue weighted by Crippen LogP contribution is 2.08. The molecule has 26 heavy (non-hydrogen) atoms. The number of aryl methyl sites for hydroxylation is 2. The fraction of sp³-hybridized carbons (Fsp3) is 0.364. The van der Waals surface area contributed by atoms with Gasteiger partial charge in [0, 0.05) is 0 Å². The molecular weight excluding hydrogens is 328 g/mol. The minimum absolute atomic E-state index is 0.281. The maximum Gasteiger partial charge on any atom is 0.338 e. The van der Waals surface area contributed by atoms with Crippen LogP contribution in [0.4, 0.5) is 0 Å². The molecule has 0 aliphatic carbocycles. The van der Waals surface area contributed by atoms with Crippen LogP contribution in [-0.2, 0) is 9.47 Å². The third-order valence-corrected chi connectivity index (χ3v) is 4.08. The van der Waals surface area contributed by atoms with Crippen molar-refractivity contribution in [2.24, 2.45) is 0 Å². The van der Waals surface area contributed by atoms with Gasteiger partial charge in [0.1, 0.15) is 0 Å². The minimum Gasteiger partial charge on any atom is -0.462 e. The Morgan fingerprint density at radius 3 is 1.31 bits per heavy atom. The summed E-state index contributed by atoms with van der Waals surface area (Å²) in [5.74, 6) is -0.561. The Balaban J connectivity index is 1.51. The highest BCUT2D eigenvalue weighted by Gasteiger charge is 2.07. The van der Waals surface area contributed by atoms with Crippen LogP contribution in [0.3, 0.4) is 0 Å². The standard InChI is InChI=1S/C22H26O4/c1-17-7-11-19(12-8-17)21(23)25-15-5-3-4-6-16-26-22(24)20-13-9-18(2)10-14-20/h7-14H,3-6,15-16H2,1-2H3. The van der Waals surface area contributed by atoms with Crippen LogP contribution in [0, 0.1) is 13.8 Å². The first-order chi connectivity index (χ1) is 12.6. The van der Waals surface area contributed by atoms with E-state index in [1.165, 1.54) is 0 Å². The third-order valence-electron chi connectivity index (χ3n) is 4.08. The Hall–Kier alpha value is -2.62. The predicted octanol–water partition coefficient (Wildman–Crippen LogP) is 4.88. The molecule has 0 amide bonds. The fourth-order valence-electron chi connectivity index (χ4n) is 2.43. The van der Waals surface area contributed by atoms with E-state index in [4.69, 9.17) is 9.47 Å². The molecule has 0 N–H and O–H groups in total. The zero-order valence-electron chi connectivity index (χ0n) is 15.5.